The van der Waals surface area contributed by atoms with Gasteiger partial charge in [-0.25, -0.2) is 0 Å². The third-order valence-electron chi connectivity index (χ3n) is 14.5. The lowest BCUT2D eigenvalue weighted by molar-refractivity contribution is 0.638. The molecule has 0 aliphatic heterocycles. The lowest BCUT2D eigenvalue weighted by Gasteiger charge is -2.24. The van der Waals surface area contributed by atoms with Gasteiger partial charge in [0.05, 0.1) is 21.9 Å². The van der Waals surface area contributed by atoms with E-state index >= 15 is 0 Å². The summed E-state index contributed by atoms with van der Waals surface area (Å²) in [6, 6.07) is 62.7. The average molecular weight is 819 g/mol. The first-order chi connectivity index (χ1) is 31.7. The van der Waals surface area contributed by atoms with Crippen LogP contribution < -0.4 is 0 Å². The van der Waals surface area contributed by atoms with E-state index in [1.54, 1.807) is 0 Å². The summed E-state index contributed by atoms with van der Waals surface area (Å²) < 4.78 is 11.9. The Balaban J connectivity index is 0.887. The summed E-state index contributed by atoms with van der Waals surface area (Å²) in [5.74, 6) is 0.530. The van der Waals surface area contributed by atoms with Crippen molar-refractivity contribution in [3.63, 3.8) is 0 Å². The Morgan fingerprint density at radius 2 is 1.19 bits per heavy atom. The maximum Gasteiger partial charge on any atom is 0.145 e. The van der Waals surface area contributed by atoms with Crippen LogP contribution in [0.1, 0.15) is 41.6 Å². The van der Waals surface area contributed by atoms with Crippen molar-refractivity contribution in [2.45, 2.75) is 25.7 Å². The molecule has 3 heterocycles. The number of fused-ring (bicyclic) bond motifs is 16. The molecule has 302 valence electrons. The predicted molar refractivity (Wildman–Crippen MR) is 270 cm³/mol. The standard InChI is InChI=1S/C61H42N2O/c1-37-33-38(39-24-28-48-46-17-6-5-15-44(46)45-16-7-8-18-47(45)54(48)34-39)23-27-43(37)40-25-29-53-58(35-40)62(41-13-3-2-4-14-41)57-32-31-52-51-30-26-42(36-59(51)64-61(52)60(53)57)63-55-21-11-9-19-49(55)50-20-10-12-22-56(50)63/h2-11,13-21,23-37,43H,12,22H2,1H3. The fourth-order valence-corrected chi connectivity index (χ4v) is 11.5. The second-order valence-electron chi connectivity index (χ2n) is 17.9. The summed E-state index contributed by atoms with van der Waals surface area (Å²) >= 11 is 0. The van der Waals surface area contributed by atoms with Gasteiger partial charge in [-0.05, 0) is 122 Å². The van der Waals surface area contributed by atoms with Crippen molar-refractivity contribution in [3.05, 3.63) is 217 Å². The van der Waals surface area contributed by atoms with Crippen LogP contribution >= 0.6 is 0 Å². The van der Waals surface area contributed by atoms with Gasteiger partial charge in [-0.2, -0.15) is 0 Å². The maximum atomic E-state index is 7.05. The fraction of sp³-hybridized carbons (Fsp3) is 0.0820. The molecule has 64 heavy (non-hydrogen) atoms. The first-order valence-electron chi connectivity index (χ1n) is 22.7. The quantitative estimate of drug-likeness (QED) is 0.162. The number of nitrogens with zero attached hydrogens (tertiary/aromatic N) is 2. The molecule has 0 fully saturated rings. The molecule has 0 spiro atoms. The van der Waals surface area contributed by atoms with Crippen molar-refractivity contribution < 1.29 is 4.42 Å². The van der Waals surface area contributed by atoms with Gasteiger partial charge in [-0.1, -0.05) is 146 Å². The molecular formula is C61H42N2O. The van der Waals surface area contributed by atoms with Gasteiger partial charge in [0.15, 0.2) is 0 Å². The maximum absolute atomic E-state index is 7.05. The monoisotopic (exact) mass is 818 g/mol. The van der Waals surface area contributed by atoms with Crippen molar-refractivity contribution in [2.24, 2.45) is 5.92 Å². The fourth-order valence-electron chi connectivity index (χ4n) is 11.5. The van der Waals surface area contributed by atoms with Crippen molar-refractivity contribution in [1.29, 1.82) is 0 Å². The molecular weight excluding hydrogens is 777 g/mol. The molecule has 2 aliphatic carbocycles. The summed E-state index contributed by atoms with van der Waals surface area (Å²) in [7, 11) is 0. The smallest absolute Gasteiger partial charge is 0.145 e. The van der Waals surface area contributed by atoms with Crippen LogP contribution in [0.2, 0.25) is 0 Å². The van der Waals surface area contributed by atoms with Crippen LogP contribution in [0, 0.1) is 5.92 Å². The molecule has 0 radical (unpaired) electrons. The van der Waals surface area contributed by atoms with E-state index in [9.17, 15) is 0 Å². The molecule has 0 saturated heterocycles. The summed E-state index contributed by atoms with van der Waals surface area (Å²) in [5.41, 5.74) is 14.3. The normalized spacial score (nSPS) is 16.4. The topological polar surface area (TPSA) is 23.0 Å². The molecule has 3 aromatic heterocycles. The third-order valence-corrected chi connectivity index (χ3v) is 14.5. The first-order valence-corrected chi connectivity index (χ1v) is 22.7. The van der Waals surface area contributed by atoms with E-state index in [1.807, 2.05) is 0 Å². The van der Waals surface area contributed by atoms with Gasteiger partial charge in [-0.15, -0.1) is 0 Å². The number of benzene rings is 9. The molecule has 0 N–H and O–H groups in total. The SMILES string of the molecule is CC1C=C(c2ccc3c4ccccc4c4ccccc4c3c2)C=CC1c1ccc2c3c4oc5cc(-n6c7c(c8ccccc86)C=CCC7)ccc5c4ccc3n(-c3ccccc3)c2c1. The summed E-state index contributed by atoms with van der Waals surface area (Å²) in [5, 5.41) is 13.8. The van der Waals surface area contributed by atoms with E-state index in [0.29, 0.717) is 5.92 Å². The van der Waals surface area contributed by atoms with Crippen LogP contribution in [-0.2, 0) is 6.42 Å². The Hall–Kier alpha value is -7.88. The molecule has 0 saturated carbocycles. The van der Waals surface area contributed by atoms with Gasteiger partial charge in [0.25, 0.3) is 0 Å². The number of para-hydroxylation sites is 2. The molecule has 2 aliphatic rings. The zero-order valence-corrected chi connectivity index (χ0v) is 35.4. The molecule has 2 unspecified atom stereocenters. The Kier molecular flexibility index (Phi) is 7.56. The van der Waals surface area contributed by atoms with Crippen LogP contribution in [-0.4, -0.2) is 9.13 Å². The lowest BCUT2D eigenvalue weighted by atomic mass is 9.80. The first kappa shape index (κ1) is 35.7. The Morgan fingerprint density at radius 3 is 1.98 bits per heavy atom. The van der Waals surface area contributed by atoms with E-state index < -0.39 is 0 Å². The van der Waals surface area contributed by atoms with Gasteiger partial charge in [0, 0.05) is 56.2 Å². The number of rotatable bonds is 4. The van der Waals surface area contributed by atoms with Gasteiger partial charge in [-0.3, -0.25) is 0 Å². The molecule has 2 atom stereocenters. The number of hydrogen-bond donors (Lipinski definition) is 0. The highest BCUT2D eigenvalue weighted by atomic mass is 16.3. The zero-order chi connectivity index (χ0) is 42.0. The van der Waals surface area contributed by atoms with Gasteiger partial charge in [0.1, 0.15) is 11.2 Å². The zero-order valence-electron chi connectivity index (χ0n) is 35.4. The number of aromatic nitrogens is 2. The van der Waals surface area contributed by atoms with E-state index in [0.717, 1.165) is 57.1 Å². The van der Waals surface area contributed by atoms with Gasteiger partial charge < -0.3 is 13.6 Å². The highest BCUT2D eigenvalue weighted by molar-refractivity contribution is 6.26. The van der Waals surface area contributed by atoms with Gasteiger partial charge in [0.2, 0.25) is 0 Å². The predicted octanol–water partition coefficient (Wildman–Crippen LogP) is 16.4. The van der Waals surface area contributed by atoms with E-state index in [-0.39, 0.29) is 5.92 Å². The molecule has 12 aromatic rings. The number of allylic oxidation sites excluding steroid dienone is 5. The van der Waals surface area contributed by atoms with Gasteiger partial charge >= 0.3 is 0 Å². The second-order valence-corrected chi connectivity index (χ2v) is 17.9. The molecule has 14 rings (SSSR count). The van der Waals surface area contributed by atoms with Crippen LogP contribution in [0.4, 0.5) is 0 Å². The summed E-state index contributed by atoms with van der Waals surface area (Å²) in [4.78, 5) is 0. The van der Waals surface area contributed by atoms with Crippen molar-refractivity contribution >= 4 is 98.6 Å². The minimum absolute atomic E-state index is 0.233. The highest BCUT2D eigenvalue weighted by Gasteiger charge is 2.25. The summed E-state index contributed by atoms with van der Waals surface area (Å²) in [6.45, 7) is 2.37. The van der Waals surface area contributed by atoms with E-state index in [2.05, 4.69) is 216 Å². The lowest BCUT2D eigenvalue weighted by Crippen LogP contribution is -2.09. The van der Waals surface area contributed by atoms with E-state index in [1.165, 1.54) is 82.1 Å². The molecule has 0 amide bonds. The molecule has 3 heteroatoms. The van der Waals surface area contributed by atoms with E-state index in [4.69, 9.17) is 4.42 Å². The van der Waals surface area contributed by atoms with Crippen molar-refractivity contribution in [3.8, 4) is 11.4 Å². The number of furan rings is 1. The van der Waals surface area contributed by atoms with Crippen molar-refractivity contribution in [1.82, 2.24) is 9.13 Å². The second kappa shape index (κ2) is 13.6. The minimum atomic E-state index is 0.233. The van der Waals surface area contributed by atoms with Crippen LogP contribution in [0.3, 0.4) is 0 Å². The molecule has 3 nitrogen and oxygen atoms in total. The van der Waals surface area contributed by atoms with Crippen molar-refractivity contribution in [2.75, 3.05) is 0 Å². The average Bonchev–Trinajstić information content (AvgIpc) is 4.01. The number of hydrogen-bond acceptors (Lipinski definition) is 1. The molecule has 9 aromatic carbocycles. The Labute approximate surface area is 370 Å². The Bertz CT molecular complexity index is 4000. The highest BCUT2D eigenvalue weighted by Crippen LogP contribution is 2.45. The van der Waals surface area contributed by atoms with Crippen LogP contribution in [0.25, 0.3) is 110 Å². The molecule has 0 bridgehead atoms. The minimum Gasteiger partial charge on any atom is -0.455 e. The third kappa shape index (κ3) is 5.10. The summed E-state index contributed by atoms with van der Waals surface area (Å²) in [6.07, 6.45) is 13.9. The largest absolute Gasteiger partial charge is 0.455 e. The Morgan fingerprint density at radius 1 is 0.500 bits per heavy atom. The van der Waals surface area contributed by atoms with Crippen LogP contribution in [0.15, 0.2) is 199 Å². The van der Waals surface area contributed by atoms with Crippen LogP contribution in [0.5, 0.6) is 0 Å².